The second kappa shape index (κ2) is 4.38. The van der Waals surface area contributed by atoms with Crippen molar-refractivity contribution in [2.24, 2.45) is 0 Å². The van der Waals surface area contributed by atoms with Gasteiger partial charge in [0.25, 0.3) is 0 Å². The fourth-order valence-corrected chi connectivity index (χ4v) is 1.84. The van der Waals surface area contributed by atoms with E-state index in [0.29, 0.717) is 6.42 Å². The summed E-state index contributed by atoms with van der Waals surface area (Å²) in [6.45, 7) is 2.10. The predicted molar refractivity (Wildman–Crippen MR) is 56.1 cm³/mol. The van der Waals surface area contributed by atoms with Gasteiger partial charge < -0.3 is 14.4 Å². The molecule has 1 fully saturated rings. The van der Waals surface area contributed by atoms with Crippen LogP contribution in [0.2, 0.25) is 0 Å². The van der Waals surface area contributed by atoms with E-state index in [1.54, 1.807) is 0 Å². The largest absolute Gasteiger partial charge is 0.481 e. The van der Waals surface area contributed by atoms with Crippen LogP contribution in [0.5, 0.6) is 0 Å². The lowest BCUT2D eigenvalue weighted by Crippen LogP contribution is -2.16. The van der Waals surface area contributed by atoms with E-state index in [0.717, 1.165) is 24.7 Å². The third-order valence-electron chi connectivity index (χ3n) is 2.65. The normalized spacial score (nSPS) is 15.9. The molecule has 0 saturated carbocycles. The lowest BCUT2D eigenvalue weighted by atomic mass is 10.2. The van der Waals surface area contributed by atoms with Crippen LogP contribution in [0, 0.1) is 0 Å². The van der Waals surface area contributed by atoms with Crippen LogP contribution in [-0.2, 0) is 11.2 Å². The molecule has 1 aromatic heterocycles. The van der Waals surface area contributed by atoms with Gasteiger partial charge in [0.2, 0.25) is 0 Å². The van der Waals surface area contributed by atoms with Crippen LogP contribution in [0.4, 0.5) is 5.88 Å². The van der Waals surface area contributed by atoms with Gasteiger partial charge in [0.15, 0.2) is 5.88 Å². The summed E-state index contributed by atoms with van der Waals surface area (Å²) in [5.41, 5.74) is 0. The Hall–Kier alpha value is -1.45. The van der Waals surface area contributed by atoms with Crippen molar-refractivity contribution < 1.29 is 14.3 Å². The van der Waals surface area contributed by atoms with E-state index in [4.69, 9.17) is 9.52 Å². The number of carboxylic acid groups (broad SMARTS) is 1. The summed E-state index contributed by atoms with van der Waals surface area (Å²) in [6, 6.07) is 3.80. The number of hydrogen-bond donors (Lipinski definition) is 1. The molecule has 0 aromatic carbocycles. The zero-order valence-corrected chi connectivity index (χ0v) is 8.61. The van der Waals surface area contributed by atoms with Gasteiger partial charge in [-0.2, -0.15) is 0 Å². The molecule has 0 aliphatic carbocycles. The first-order chi connectivity index (χ1) is 7.25. The standard InChI is InChI=1S/C11H15NO3/c13-11(14)6-4-9-3-5-10(15-9)12-7-1-2-8-12/h3,5H,1-2,4,6-8H2,(H,13,14). The molecular weight excluding hydrogens is 194 g/mol. The molecule has 82 valence electrons. The molecule has 0 unspecified atom stereocenters. The molecule has 4 heteroatoms. The van der Waals surface area contributed by atoms with Crippen LogP contribution in [0.1, 0.15) is 25.0 Å². The van der Waals surface area contributed by atoms with Gasteiger partial charge in [-0.25, -0.2) is 0 Å². The van der Waals surface area contributed by atoms with Crippen molar-refractivity contribution in [1.29, 1.82) is 0 Å². The van der Waals surface area contributed by atoms with Crippen molar-refractivity contribution in [3.8, 4) is 0 Å². The van der Waals surface area contributed by atoms with Crippen LogP contribution < -0.4 is 4.90 Å². The molecule has 1 aliphatic heterocycles. The van der Waals surface area contributed by atoms with E-state index >= 15 is 0 Å². The summed E-state index contributed by atoms with van der Waals surface area (Å²) >= 11 is 0. The van der Waals surface area contributed by atoms with Crippen LogP contribution in [0.3, 0.4) is 0 Å². The highest BCUT2D eigenvalue weighted by atomic mass is 16.4. The average Bonchev–Trinajstić information content (AvgIpc) is 2.85. The Morgan fingerprint density at radius 3 is 2.80 bits per heavy atom. The highest BCUT2D eigenvalue weighted by Gasteiger charge is 2.15. The minimum atomic E-state index is -0.783. The third-order valence-corrected chi connectivity index (χ3v) is 2.65. The number of aliphatic carboxylic acids is 1. The quantitative estimate of drug-likeness (QED) is 0.822. The second-order valence-electron chi connectivity index (χ2n) is 3.83. The average molecular weight is 209 g/mol. The number of rotatable bonds is 4. The topological polar surface area (TPSA) is 53.7 Å². The van der Waals surface area contributed by atoms with Crippen LogP contribution in [0.25, 0.3) is 0 Å². The van der Waals surface area contributed by atoms with Gasteiger partial charge in [0.05, 0.1) is 6.42 Å². The van der Waals surface area contributed by atoms with Crippen molar-refractivity contribution in [2.45, 2.75) is 25.7 Å². The molecule has 0 spiro atoms. The molecule has 1 aromatic rings. The predicted octanol–water partition coefficient (Wildman–Crippen LogP) is 1.90. The number of anilines is 1. The zero-order chi connectivity index (χ0) is 10.7. The SMILES string of the molecule is O=C(O)CCc1ccc(N2CCCC2)o1. The number of carboxylic acids is 1. The minimum absolute atomic E-state index is 0.132. The lowest BCUT2D eigenvalue weighted by Gasteiger charge is -2.12. The van der Waals surface area contributed by atoms with E-state index in [-0.39, 0.29) is 6.42 Å². The fraction of sp³-hybridized carbons (Fsp3) is 0.545. The maximum absolute atomic E-state index is 10.4. The zero-order valence-electron chi connectivity index (χ0n) is 8.61. The van der Waals surface area contributed by atoms with Crippen molar-refractivity contribution in [3.05, 3.63) is 17.9 Å². The Morgan fingerprint density at radius 1 is 1.40 bits per heavy atom. The molecular formula is C11H15NO3. The third kappa shape index (κ3) is 2.52. The van der Waals surface area contributed by atoms with Gasteiger partial charge >= 0.3 is 5.97 Å². The van der Waals surface area contributed by atoms with Crippen molar-refractivity contribution >= 4 is 11.9 Å². The van der Waals surface area contributed by atoms with Crippen molar-refractivity contribution in [1.82, 2.24) is 0 Å². The van der Waals surface area contributed by atoms with E-state index in [1.807, 2.05) is 12.1 Å². The first-order valence-electron chi connectivity index (χ1n) is 5.31. The number of carbonyl (C=O) groups is 1. The summed E-state index contributed by atoms with van der Waals surface area (Å²) in [6.07, 6.45) is 3.03. The highest BCUT2D eigenvalue weighted by Crippen LogP contribution is 2.23. The van der Waals surface area contributed by atoms with Gasteiger partial charge in [-0.05, 0) is 18.9 Å². The molecule has 1 saturated heterocycles. The maximum atomic E-state index is 10.4. The molecule has 0 atom stereocenters. The summed E-state index contributed by atoms with van der Waals surface area (Å²) in [5, 5.41) is 8.54. The Labute approximate surface area is 88.5 Å². The highest BCUT2D eigenvalue weighted by molar-refractivity contribution is 5.66. The summed E-state index contributed by atoms with van der Waals surface area (Å²) < 4.78 is 5.58. The van der Waals surface area contributed by atoms with Crippen molar-refractivity contribution in [2.75, 3.05) is 18.0 Å². The van der Waals surface area contributed by atoms with Gasteiger partial charge in [-0.1, -0.05) is 0 Å². The Balaban J connectivity index is 1.94. The van der Waals surface area contributed by atoms with E-state index < -0.39 is 5.97 Å². The Bertz CT molecular complexity index is 339. The molecule has 1 aliphatic rings. The van der Waals surface area contributed by atoms with Crippen LogP contribution in [0.15, 0.2) is 16.5 Å². The molecule has 15 heavy (non-hydrogen) atoms. The summed E-state index contributed by atoms with van der Waals surface area (Å²) in [4.78, 5) is 12.6. The first kappa shape index (κ1) is 10.1. The van der Waals surface area contributed by atoms with Gasteiger partial charge in [0, 0.05) is 25.6 Å². The second-order valence-corrected chi connectivity index (χ2v) is 3.83. The fourth-order valence-electron chi connectivity index (χ4n) is 1.84. The molecule has 2 rings (SSSR count). The number of nitrogens with zero attached hydrogens (tertiary/aromatic N) is 1. The van der Waals surface area contributed by atoms with Crippen LogP contribution in [-0.4, -0.2) is 24.2 Å². The van der Waals surface area contributed by atoms with Gasteiger partial charge in [-0.3, -0.25) is 4.79 Å². The summed E-state index contributed by atoms with van der Waals surface area (Å²) in [7, 11) is 0. The number of furan rings is 1. The van der Waals surface area contributed by atoms with E-state index in [9.17, 15) is 4.79 Å². The Morgan fingerprint density at radius 2 is 2.13 bits per heavy atom. The minimum Gasteiger partial charge on any atom is -0.481 e. The van der Waals surface area contributed by atoms with E-state index in [2.05, 4.69) is 4.90 Å². The molecule has 0 radical (unpaired) electrons. The van der Waals surface area contributed by atoms with Crippen LogP contribution >= 0.6 is 0 Å². The molecule has 2 heterocycles. The number of aryl methyl sites for hydroxylation is 1. The van der Waals surface area contributed by atoms with E-state index in [1.165, 1.54) is 12.8 Å². The molecule has 0 bridgehead atoms. The molecule has 4 nitrogen and oxygen atoms in total. The molecule has 1 N–H and O–H groups in total. The van der Waals surface area contributed by atoms with Gasteiger partial charge in [-0.15, -0.1) is 0 Å². The van der Waals surface area contributed by atoms with Crippen molar-refractivity contribution in [3.63, 3.8) is 0 Å². The Kier molecular flexibility index (Phi) is 2.94. The monoisotopic (exact) mass is 209 g/mol. The van der Waals surface area contributed by atoms with Gasteiger partial charge in [0.1, 0.15) is 5.76 Å². The lowest BCUT2D eigenvalue weighted by molar-refractivity contribution is -0.137. The smallest absolute Gasteiger partial charge is 0.303 e. The number of hydrogen-bond acceptors (Lipinski definition) is 3. The molecule has 0 amide bonds. The summed E-state index contributed by atoms with van der Waals surface area (Å²) in [5.74, 6) is 0.862. The maximum Gasteiger partial charge on any atom is 0.303 e. The first-order valence-corrected chi connectivity index (χ1v) is 5.31.